The lowest BCUT2D eigenvalue weighted by atomic mass is 10.0. The van der Waals surface area contributed by atoms with E-state index < -0.39 is 17.8 Å². The highest BCUT2D eigenvalue weighted by molar-refractivity contribution is 5.82. The van der Waals surface area contributed by atoms with Gasteiger partial charge in [-0.1, -0.05) is 18.2 Å². The summed E-state index contributed by atoms with van der Waals surface area (Å²) in [6, 6.07) is 5.09. The van der Waals surface area contributed by atoms with Crippen molar-refractivity contribution in [3.63, 3.8) is 0 Å². The van der Waals surface area contributed by atoms with E-state index >= 15 is 0 Å². The minimum absolute atomic E-state index is 0.0342. The fraction of sp³-hybridized carbons (Fsp3) is 0.385. The molecule has 1 amide bonds. The highest BCUT2D eigenvalue weighted by atomic mass is 19.1. The van der Waals surface area contributed by atoms with Gasteiger partial charge in [0.2, 0.25) is 5.91 Å². The van der Waals surface area contributed by atoms with Crippen LogP contribution in [0.25, 0.3) is 0 Å². The van der Waals surface area contributed by atoms with Crippen molar-refractivity contribution in [2.45, 2.75) is 25.3 Å². The monoisotopic (exact) mass is 251 g/mol. The van der Waals surface area contributed by atoms with E-state index in [9.17, 15) is 14.0 Å². The maximum absolute atomic E-state index is 13.6. The number of hydrogen-bond acceptors (Lipinski definition) is 2. The Morgan fingerprint density at radius 1 is 1.39 bits per heavy atom. The second-order valence-electron chi connectivity index (χ2n) is 4.45. The number of carboxylic acid groups (broad SMARTS) is 1. The largest absolute Gasteiger partial charge is 0.481 e. The van der Waals surface area contributed by atoms with Crippen LogP contribution in [-0.2, 0) is 9.59 Å². The summed E-state index contributed by atoms with van der Waals surface area (Å²) in [6.07, 6.45) is 1.32. The molecular formula is C13H14FNO3. The van der Waals surface area contributed by atoms with Crippen molar-refractivity contribution in [3.8, 4) is 0 Å². The van der Waals surface area contributed by atoms with Crippen LogP contribution in [0.15, 0.2) is 24.3 Å². The van der Waals surface area contributed by atoms with Gasteiger partial charge in [0.05, 0.1) is 12.5 Å². The Labute approximate surface area is 104 Å². The lowest BCUT2D eigenvalue weighted by Gasteiger charge is -2.17. The minimum Gasteiger partial charge on any atom is -0.481 e. The van der Waals surface area contributed by atoms with Crippen molar-refractivity contribution in [2.75, 3.05) is 0 Å². The Bertz CT molecular complexity index is 471. The zero-order chi connectivity index (χ0) is 13.1. The molecule has 1 aromatic carbocycles. The highest BCUT2D eigenvalue weighted by Crippen LogP contribution is 2.30. The smallest absolute Gasteiger partial charge is 0.305 e. The third-order valence-corrected chi connectivity index (χ3v) is 2.92. The minimum atomic E-state index is -1.07. The molecule has 0 heterocycles. The number of carbonyl (C=O) groups excluding carboxylic acids is 1. The molecule has 2 rings (SSSR count). The number of amides is 1. The van der Waals surface area contributed by atoms with Crippen LogP contribution in [-0.4, -0.2) is 17.0 Å². The standard InChI is InChI=1S/C13H14FNO3/c14-10-4-2-1-3-9(10)11(7-12(16)17)15-13(18)8-5-6-8/h1-4,8,11H,5-7H2,(H,15,18)(H,16,17). The number of carbonyl (C=O) groups is 2. The van der Waals surface area contributed by atoms with Gasteiger partial charge < -0.3 is 10.4 Å². The molecule has 0 saturated heterocycles. The molecule has 0 aromatic heterocycles. The van der Waals surface area contributed by atoms with Crippen LogP contribution in [0.4, 0.5) is 4.39 Å². The van der Waals surface area contributed by atoms with Crippen LogP contribution in [0.3, 0.4) is 0 Å². The molecule has 2 N–H and O–H groups in total. The number of benzene rings is 1. The van der Waals surface area contributed by atoms with Crippen LogP contribution in [0.1, 0.15) is 30.9 Å². The summed E-state index contributed by atoms with van der Waals surface area (Å²) in [6.45, 7) is 0. The predicted molar refractivity (Wildman–Crippen MR) is 62.3 cm³/mol. The SMILES string of the molecule is O=C(O)CC(NC(=O)C1CC1)c1ccccc1F. The van der Waals surface area contributed by atoms with Crippen molar-refractivity contribution in [3.05, 3.63) is 35.6 Å². The lowest BCUT2D eigenvalue weighted by molar-refractivity contribution is -0.137. The van der Waals surface area contributed by atoms with Crippen molar-refractivity contribution in [2.24, 2.45) is 5.92 Å². The van der Waals surface area contributed by atoms with E-state index in [-0.39, 0.29) is 23.8 Å². The summed E-state index contributed by atoms with van der Waals surface area (Å²) in [5.74, 6) is -1.79. The van der Waals surface area contributed by atoms with E-state index in [2.05, 4.69) is 5.32 Å². The lowest BCUT2D eigenvalue weighted by Crippen LogP contribution is -2.31. The molecular weight excluding hydrogens is 237 g/mol. The summed E-state index contributed by atoms with van der Waals surface area (Å²) in [7, 11) is 0. The quantitative estimate of drug-likeness (QED) is 0.839. The number of nitrogens with one attached hydrogen (secondary N) is 1. The summed E-state index contributed by atoms with van der Waals surface area (Å²) in [4.78, 5) is 22.4. The first-order valence-corrected chi connectivity index (χ1v) is 5.84. The van der Waals surface area contributed by atoms with Crippen LogP contribution in [0, 0.1) is 11.7 Å². The number of aliphatic carboxylic acids is 1. The molecule has 0 bridgehead atoms. The van der Waals surface area contributed by atoms with Gasteiger partial charge in [-0.05, 0) is 18.9 Å². The van der Waals surface area contributed by atoms with E-state index in [1.54, 1.807) is 6.07 Å². The second kappa shape index (κ2) is 5.16. The van der Waals surface area contributed by atoms with E-state index in [0.29, 0.717) is 0 Å². The number of halogens is 1. The van der Waals surface area contributed by atoms with Crippen molar-refractivity contribution < 1.29 is 19.1 Å². The number of rotatable bonds is 5. The molecule has 1 aromatic rings. The third kappa shape index (κ3) is 3.06. The molecule has 1 unspecified atom stereocenters. The van der Waals surface area contributed by atoms with E-state index in [0.717, 1.165) is 12.8 Å². The molecule has 0 aliphatic heterocycles. The topological polar surface area (TPSA) is 66.4 Å². The summed E-state index contributed by atoms with van der Waals surface area (Å²) in [5.41, 5.74) is 0.217. The summed E-state index contributed by atoms with van der Waals surface area (Å²) >= 11 is 0. The Morgan fingerprint density at radius 3 is 2.61 bits per heavy atom. The van der Waals surface area contributed by atoms with Gasteiger partial charge in [-0.3, -0.25) is 9.59 Å². The Kier molecular flexibility index (Phi) is 3.60. The highest BCUT2D eigenvalue weighted by Gasteiger charge is 2.32. The van der Waals surface area contributed by atoms with E-state index in [1.165, 1.54) is 18.2 Å². The van der Waals surface area contributed by atoms with Gasteiger partial charge in [-0.25, -0.2) is 4.39 Å². The Morgan fingerprint density at radius 2 is 2.06 bits per heavy atom. The second-order valence-corrected chi connectivity index (χ2v) is 4.45. The molecule has 5 heteroatoms. The third-order valence-electron chi connectivity index (χ3n) is 2.92. The van der Waals surface area contributed by atoms with Gasteiger partial charge in [0.1, 0.15) is 5.82 Å². The maximum Gasteiger partial charge on any atom is 0.305 e. The van der Waals surface area contributed by atoms with E-state index in [1.807, 2.05) is 0 Å². The molecule has 1 fully saturated rings. The van der Waals surface area contributed by atoms with Crippen molar-refractivity contribution in [1.29, 1.82) is 0 Å². The average molecular weight is 251 g/mol. The maximum atomic E-state index is 13.6. The number of hydrogen-bond donors (Lipinski definition) is 2. The number of carboxylic acids is 1. The molecule has 1 saturated carbocycles. The Hall–Kier alpha value is -1.91. The average Bonchev–Trinajstić information content (AvgIpc) is 3.11. The Balaban J connectivity index is 2.15. The van der Waals surface area contributed by atoms with Gasteiger partial charge in [0.15, 0.2) is 0 Å². The van der Waals surface area contributed by atoms with Gasteiger partial charge in [0.25, 0.3) is 0 Å². The zero-order valence-electron chi connectivity index (χ0n) is 9.73. The van der Waals surface area contributed by atoms with Crippen LogP contribution in [0.5, 0.6) is 0 Å². The molecule has 4 nitrogen and oxygen atoms in total. The fourth-order valence-corrected chi connectivity index (χ4v) is 1.81. The molecule has 1 atom stereocenters. The normalized spacial score (nSPS) is 16.1. The molecule has 0 spiro atoms. The van der Waals surface area contributed by atoms with Crippen LogP contribution < -0.4 is 5.32 Å². The summed E-state index contributed by atoms with van der Waals surface area (Å²) < 4.78 is 13.6. The van der Waals surface area contributed by atoms with E-state index in [4.69, 9.17) is 5.11 Å². The predicted octanol–water partition coefficient (Wildman–Crippen LogP) is 1.87. The van der Waals surface area contributed by atoms with Crippen LogP contribution in [0.2, 0.25) is 0 Å². The van der Waals surface area contributed by atoms with Gasteiger partial charge in [-0.2, -0.15) is 0 Å². The first-order valence-electron chi connectivity index (χ1n) is 5.84. The van der Waals surface area contributed by atoms with Gasteiger partial charge in [-0.15, -0.1) is 0 Å². The molecule has 0 radical (unpaired) electrons. The fourth-order valence-electron chi connectivity index (χ4n) is 1.81. The van der Waals surface area contributed by atoms with Crippen LogP contribution >= 0.6 is 0 Å². The molecule has 18 heavy (non-hydrogen) atoms. The first-order chi connectivity index (χ1) is 8.58. The van der Waals surface area contributed by atoms with Crippen molar-refractivity contribution >= 4 is 11.9 Å². The van der Waals surface area contributed by atoms with Gasteiger partial charge in [0, 0.05) is 11.5 Å². The molecule has 1 aliphatic rings. The zero-order valence-corrected chi connectivity index (χ0v) is 9.73. The molecule has 96 valence electrons. The summed E-state index contributed by atoms with van der Waals surface area (Å²) in [5, 5.41) is 11.4. The first kappa shape index (κ1) is 12.5. The van der Waals surface area contributed by atoms with Gasteiger partial charge >= 0.3 is 5.97 Å². The molecule has 1 aliphatic carbocycles. The van der Waals surface area contributed by atoms with Crippen molar-refractivity contribution in [1.82, 2.24) is 5.32 Å².